The van der Waals surface area contributed by atoms with E-state index in [9.17, 15) is 0 Å². The minimum atomic E-state index is 0. The van der Waals surface area contributed by atoms with Crippen molar-refractivity contribution in [3.05, 3.63) is 89.0 Å². The molecule has 1 aliphatic rings. The van der Waals surface area contributed by atoms with E-state index in [4.69, 9.17) is 0 Å². The van der Waals surface area contributed by atoms with Crippen molar-refractivity contribution < 1.29 is 49.0 Å². The van der Waals surface area contributed by atoms with Crippen molar-refractivity contribution >= 4 is 3.21 Å². The molecule has 0 radical (unpaired) electrons. The fourth-order valence-electron chi connectivity index (χ4n) is 3.18. The van der Waals surface area contributed by atoms with Crippen LogP contribution in [0.4, 0.5) is 0 Å². The molecule has 0 saturated carbocycles. The summed E-state index contributed by atoms with van der Waals surface area (Å²) in [6, 6.07) is 24.9. The fraction of sp³-hybridized carbons (Fsp3) is 0.333. The van der Waals surface area contributed by atoms with Crippen molar-refractivity contribution in [1.82, 2.24) is 0 Å². The maximum atomic E-state index is 3.30. The van der Waals surface area contributed by atoms with Gasteiger partial charge in [0.05, 0.1) is 0 Å². The molecule has 0 bridgehead atoms. The minimum Gasteiger partial charge on any atom is -1.00 e. The Morgan fingerprint density at radius 1 is 1.03 bits per heavy atom. The second kappa shape index (κ2) is 13.5. The molecule has 0 heterocycles. The first-order chi connectivity index (χ1) is 13.2. The average Bonchev–Trinajstić information content (AvgIpc) is 3.26. The summed E-state index contributed by atoms with van der Waals surface area (Å²) in [6.07, 6.45) is 2.20. The van der Waals surface area contributed by atoms with Crippen LogP contribution in [-0.2, 0) is 42.5 Å². The van der Waals surface area contributed by atoms with Gasteiger partial charge in [0.2, 0.25) is 0 Å². The monoisotopic (exact) mass is 516 g/mol. The molecule has 0 N–H and O–H groups in total. The standard InChI is InChI=1S/C13H9.C11H17.C3H6.2ClH.Zr/c1-3-7-12-10(5-1)9-11-6-2-4-8-13(11)12;1-5-9-6-7-10(8-9)11(2,3)4;1-3-2;;;/h1-5,7-8H,9H2;6-8H,5H2,1-4H3;1-2H3;2*1H;/q2*-1;;;;+2/p-2. The van der Waals surface area contributed by atoms with E-state index in [2.05, 4.69) is 102 Å². The van der Waals surface area contributed by atoms with Crippen molar-refractivity contribution in [3.8, 4) is 11.1 Å². The Bertz CT molecular complexity index is 869. The smallest absolute Gasteiger partial charge is 0.0253 e. The van der Waals surface area contributed by atoms with Gasteiger partial charge in [0.1, 0.15) is 0 Å². The van der Waals surface area contributed by atoms with Crippen molar-refractivity contribution in [2.75, 3.05) is 0 Å². The first-order valence-corrected chi connectivity index (χ1v) is 11.3. The number of rotatable bonds is 1. The largest absolute Gasteiger partial charge is 1.00 e. The third kappa shape index (κ3) is 8.70. The maximum absolute atomic E-state index is 3.30. The molecular weight excluding hydrogens is 486 g/mol. The Morgan fingerprint density at radius 3 is 2.17 bits per heavy atom. The molecule has 0 aromatic heterocycles. The summed E-state index contributed by atoms with van der Waals surface area (Å²) in [4.78, 5) is 0. The van der Waals surface area contributed by atoms with Gasteiger partial charge >= 0.3 is 41.3 Å². The van der Waals surface area contributed by atoms with E-state index < -0.39 is 0 Å². The number of halogens is 2. The van der Waals surface area contributed by atoms with Gasteiger partial charge in [-0.05, 0) is 6.42 Å². The predicted octanol–water partition coefficient (Wildman–Crippen LogP) is 1.08. The Morgan fingerprint density at radius 2 is 1.63 bits per heavy atom. The molecule has 3 aromatic rings. The van der Waals surface area contributed by atoms with Gasteiger partial charge in [0.25, 0.3) is 0 Å². The summed E-state index contributed by atoms with van der Waals surface area (Å²) in [7, 11) is 0. The van der Waals surface area contributed by atoms with Crippen LogP contribution in [0.1, 0.15) is 63.8 Å². The van der Waals surface area contributed by atoms with Crippen LogP contribution in [0.3, 0.4) is 0 Å². The summed E-state index contributed by atoms with van der Waals surface area (Å²) >= 11 is 1.55. The van der Waals surface area contributed by atoms with E-state index in [0.717, 1.165) is 12.8 Å². The van der Waals surface area contributed by atoms with Crippen LogP contribution in [0.2, 0.25) is 0 Å². The zero-order valence-corrected chi connectivity index (χ0v) is 22.9. The second-order valence-corrected chi connectivity index (χ2v) is 11.0. The summed E-state index contributed by atoms with van der Waals surface area (Å²) in [5.41, 5.74) is 8.73. The van der Waals surface area contributed by atoms with Crippen LogP contribution < -0.4 is 24.8 Å². The molecule has 0 spiro atoms. The van der Waals surface area contributed by atoms with E-state index in [1.165, 1.54) is 36.6 Å². The average molecular weight is 519 g/mol. The topological polar surface area (TPSA) is 0 Å². The van der Waals surface area contributed by atoms with E-state index in [-0.39, 0.29) is 24.8 Å². The van der Waals surface area contributed by atoms with Gasteiger partial charge in [-0.25, -0.2) is 6.07 Å². The van der Waals surface area contributed by atoms with Crippen molar-refractivity contribution in [3.63, 3.8) is 0 Å². The molecule has 0 saturated heterocycles. The molecule has 3 aromatic carbocycles. The van der Waals surface area contributed by atoms with E-state index >= 15 is 0 Å². The first kappa shape index (κ1) is 29.1. The SMILES string of the molecule is CCc1cc(C(C)(C)C)c[cH-]1.C[C](C)=[Zr+2].[Cl-].[Cl-].[c-]1cccc2c1Cc1ccccc1-2. The molecule has 160 valence electrons. The fourth-order valence-corrected chi connectivity index (χ4v) is 3.18. The summed E-state index contributed by atoms with van der Waals surface area (Å²) in [5.74, 6) is 0. The Hall–Kier alpha value is -0.877. The van der Waals surface area contributed by atoms with Crippen LogP contribution >= 0.6 is 0 Å². The van der Waals surface area contributed by atoms with Gasteiger partial charge in [-0.1, -0.05) is 74.9 Å². The van der Waals surface area contributed by atoms with Gasteiger partial charge in [0.15, 0.2) is 0 Å². The molecule has 0 nitrogen and oxygen atoms in total. The van der Waals surface area contributed by atoms with Crippen molar-refractivity contribution in [2.45, 2.75) is 59.8 Å². The number of hydrogen-bond acceptors (Lipinski definition) is 0. The normalized spacial score (nSPS) is 10.7. The van der Waals surface area contributed by atoms with Crippen LogP contribution in [0, 0.1) is 6.07 Å². The van der Waals surface area contributed by atoms with Crippen molar-refractivity contribution in [1.29, 1.82) is 0 Å². The molecule has 0 atom stereocenters. The third-order valence-corrected chi connectivity index (χ3v) is 4.71. The third-order valence-electron chi connectivity index (χ3n) is 4.71. The number of hydrogen-bond donors (Lipinski definition) is 0. The molecular formula is C27H32Cl2Zr-2. The molecule has 0 unspecified atom stereocenters. The summed E-state index contributed by atoms with van der Waals surface area (Å²) in [5, 5.41) is 0. The van der Waals surface area contributed by atoms with Gasteiger partial charge in [-0.15, -0.1) is 5.56 Å². The zero-order chi connectivity index (χ0) is 20.7. The molecule has 0 amide bonds. The Labute approximate surface area is 211 Å². The van der Waals surface area contributed by atoms with E-state index in [1.54, 1.807) is 24.2 Å². The number of fused-ring (bicyclic) bond motifs is 3. The Balaban J connectivity index is 0.000000457. The molecule has 30 heavy (non-hydrogen) atoms. The van der Waals surface area contributed by atoms with Gasteiger partial charge < -0.3 is 24.8 Å². The molecule has 0 aliphatic heterocycles. The van der Waals surface area contributed by atoms with Crippen LogP contribution in [0.15, 0.2) is 60.7 Å². The maximum Gasteiger partial charge on any atom is -0.0253 e. The molecule has 1 aliphatic carbocycles. The number of benzene rings is 2. The zero-order valence-electron chi connectivity index (χ0n) is 18.9. The number of aryl methyl sites for hydroxylation is 1. The van der Waals surface area contributed by atoms with Gasteiger partial charge in [-0.3, -0.25) is 0 Å². The Kier molecular flexibility index (Phi) is 13.1. The van der Waals surface area contributed by atoms with Crippen LogP contribution in [-0.4, -0.2) is 3.21 Å². The quantitative estimate of drug-likeness (QED) is 0.331. The van der Waals surface area contributed by atoms with Crippen LogP contribution in [0.5, 0.6) is 0 Å². The van der Waals surface area contributed by atoms with E-state index in [1.807, 2.05) is 6.07 Å². The van der Waals surface area contributed by atoms with E-state index in [0.29, 0.717) is 5.41 Å². The van der Waals surface area contributed by atoms with Crippen LogP contribution in [0.25, 0.3) is 11.1 Å². The minimum absolute atomic E-state index is 0. The van der Waals surface area contributed by atoms with Gasteiger partial charge in [-0.2, -0.15) is 53.1 Å². The predicted molar refractivity (Wildman–Crippen MR) is 120 cm³/mol. The summed E-state index contributed by atoms with van der Waals surface area (Å²) in [6.45, 7) is 13.2. The molecule has 0 fully saturated rings. The summed E-state index contributed by atoms with van der Waals surface area (Å²) < 4.78 is 1.51. The molecule has 3 heteroatoms. The van der Waals surface area contributed by atoms with Crippen molar-refractivity contribution in [2.24, 2.45) is 0 Å². The first-order valence-electron chi connectivity index (χ1n) is 10.1. The molecule has 4 rings (SSSR count). The van der Waals surface area contributed by atoms with Gasteiger partial charge in [0, 0.05) is 0 Å². The second-order valence-electron chi connectivity index (χ2n) is 8.51.